The fourth-order valence-electron chi connectivity index (χ4n) is 5.02. The van der Waals surface area contributed by atoms with Gasteiger partial charge in [0, 0.05) is 12.6 Å². The number of nitrogens with two attached hydrogens (primary N) is 1. The highest BCUT2D eigenvalue weighted by atomic mass is 14.9. The third-order valence-electron chi connectivity index (χ3n) is 5.48. The first-order valence-electron chi connectivity index (χ1n) is 8.85. The van der Waals surface area contributed by atoms with Gasteiger partial charge in [-0.15, -0.1) is 0 Å². The predicted molar refractivity (Wildman–Crippen MR) is 87.8 cm³/mol. The molecule has 0 aromatic rings. The summed E-state index contributed by atoms with van der Waals surface area (Å²) in [6, 6.07) is 0.392. The van der Waals surface area contributed by atoms with Crippen LogP contribution in [0.4, 0.5) is 0 Å². The topological polar surface area (TPSA) is 38.0 Å². The molecular weight excluding hydrogens is 244 g/mol. The summed E-state index contributed by atoms with van der Waals surface area (Å²) in [6.07, 6.45) is 12.4. The lowest BCUT2D eigenvalue weighted by Crippen LogP contribution is -2.46. The van der Waals surface area contributed by atoms with Crippen molar-refractivity contribution in [2.45, 2.75) is 84.6 Å². The van der Waals surface area contributed by atoms with Crippen LogP contribution in [0.5, 0.6) is 0 Å². The Kier molecular flexibility index (Phi) is 5.53. The molecule has 2 rings (SSSR count). The molecule has 2 atom stereocenters. The summed E-state index contributed by atoms with van der Waals surface area (Å²) in [7, 11) is 0. The Hall–Kier alpha value is -0.0800. The minimum absolute atomic E-state index is 0.392. The number of rotatable bonds is 5. The van der Waals surface area contributed by atoms with Gasteiger partial charge in [-0.25, -0.2) is 0 Å². The molecule has 2 unspecified atom stereocenters. The van der Waals surface area contributed by atoms with Gasteiger partial charge in [0.2, 0.25) is 0 Å². The standard InChI is InChI=1S/C18H36N2/c1-17(2)11-16(19)12-18(3,13-17)14-20-10-9-15-7-5-4-6-8-15/h15-16,20H,4-14,19H2,1-3H3. The second-order valence-electron chi connectivity index (χ2n) is 8.79. The Morgan fingerprint density at radius 3 is 2.40 bits per heavy atom. The summed E-state index contributed by atoms with van der Waals surface area (Å²) in [5.74, 6) is 0.995. The minimum atomic E-state index is 0.392. The maximum Gasteiger partial charge on any atom is 0.00495 e. The van der Waals surface area contributed by atoms with E-state index in [9.17, 15) is 0 Å². The Balaban J connectivity index is 1.69. The lowest BCUT2D eigenvalue weighted by atomic mass is 9.63. The lowest BCUT2D eigenvalue weighted by molar-refractivity contribution is 0.0824. The molecule has 20 heavy (non-hydrogen) atoms. The van der Waals surface area contributed by atoms with Crippen LogP contribution >= 0.6 is 0 Å². The number of nitrogens with one attached hydrogen (secondary N) is 1. The monoisotopic (exact) mass is 280 g/mol. The Morgan fingerprint density at radius 2 is 1.75 bits per heavy atom. The molecule has 2 nitrogen and oxygen atoms in total. The smallest absolute Gasteiger partial charge is 0.00495 e. The van der Waals surface area contributed by atoms with Crippen LogP contribution in [0, 0.1) is 16.7 Å². The van der Waals surface area contributed by atoms with Crippen molar-refractivity contribution in [1.29, 1.82) is 0 Å². The van der Waals surface area contributed by atoms with Crippen LogP contribution in [-0.4, -0.2) is 19.1 Å². The Bertz CT molecular complexity index is 294. The predicted octanol–water partition coefficient (Wildman–Crippen LogP) is 4.09. The van der Waals surface area contributed by atoms with Crippen molar-refractivity contribution >= 4 is 0 Å². The van der Waals surface area contributed by atoms with Crippen molar-refractivity contribution < 1.29 is 0 Å². The van der Waals surface area contributed by atoms with Gasteiger partial charge in [0.1, 0.15) is 0 Å². The van der Waals surface area contributed by atoms with Crippen molar-refractivity contribution in [2.24, 2.45) is 22.5 Å². The van der Waals surface area contributed by atoms with Crippen molar-refractivity contribution in [3.8, 4) is 0 Å². The fourth-order valence-corrected chi connectivity index (χ4v) is 5.02. The molecule has 0 spiro atoms. The van der Waals surface area contributed by atoms with Gasteiger partial charge in [-0.05, 0) is 49.0 Å². The van der Waals surface area contributed by atoms with Crippen LogP contribution in [0.15, 0.2) is 0 Å². The third kappa shape index (κ3) is 5.04. The lowest BCUT2D eigenvalue weighted by Gasteiger charge is -2.46. The molecule has 0 bridgehead atoms. The molecule has 0 saturated heterocycles. The van der Waals surface area contributed by atoms with E-state index in [1.165, 1.54) is 64.3 Å². The van der Waals surface area contributed by atoms with Crippen LogP contribution in [0.2, 0.25) is 0 Å². The molecule has 2 fully saturated rings. The zero-order chi connectivity index (χ0) is 14.6. The van der Waals surface area contributed by atoms with E-state index in [0.29, 0.717) is 16.9 Å². The number of hydrogen-bond donors (Lipinski definition) is 2. The Labute approximate surface area is 126 Å². The number of hydrogen-bond acceptors (Lipinski definition) is 2. The minimum Gasteiger partial charge on any atom is -0.328 e. The highest BCUT2D eigenvalue weighted by molar-refractivity contribution is 4.94. The van der Waals surface area contributed by atoms with E-state index in [0.717, 1.165) is 12.5 Å². The third-order valence-corrected chi connectivity index (χ3v) is 5.48. The molecular formula is C18H36N2. The quantitative estimate of drug-likeness (QED) is 0.744. The molecule has 0 heterocycles. The van der Waals surface area contributed by atoms with Crippen molar-refractivity contribution in [3.63, 3.8) is 0 Å². The van der Waals surface area contributed by atoms with Gasteiger partial charge < -0.3 is 11.1 Å². The second-order valence-corrected chi connectivity index (χ2v) is 8.79. The maximum atomic E-state index is 6.28. The molecule has 2 saturated carbocycles. The first kappa shape index (κ1) is 16.3. The van der Waals surface area contributed by atoms with E-state index < -0.39 is 0 Å². The molecule has 2 heteroatoms. The van der Waals surface area contributed by atoms with Gasteiger partial charge in [-0.3, -0.25) is 0 Å². The van der Waals surface area contributed by atoms with Crippen molar-refractivity contribution in [2.75, 3.05) is 13.1 Å². The highest BCUT2D eigenvalue weighted by Gasteiger charge is 2.39. The van der Waals surface area contributed by atoms with Gasteiger partial charge in [0.15, 0.2) is 0 Å². The second kappa shape index (κ2) is 6.79. The van der Waals surface area contributed by atoms with E-state index in [-0.39, 0.29) is 0 Å². The molecule has 0 aromatic heterocycles. The summed E-state index contributed by atoms with van der Waals surface area (Å²) in [5, 5.41) is 3.75. The molecule has 118 valence electrons. The normalized spacial score (nSPS) is 35.1. The van der Waals surface area contributed by atoms with Crippen LogP contribution in [-0.2, 0) is 0 Å². The fraction of sp³-hybridized carbons (Fsp3) is 1.00. The average Bonchev–Trinajstić information content (AvgIpc) is 2.33. The zero-order valence-corrected chi connectivity index (χ0v) is 14.0. The first-order chi connectivity index (χ1) is 9.39. The van der Waals surface area contributed by atoms with Gasteiger partial charge in [-0.1, -0.05) is 52.9 Å². The van der Waals surface area contributed by atoms with Crippen LogP contribution in [0.3, 0.4) is 0 Å². The molecule has 0 aliphatic heterocycles. The van der Waals surface area contributed by atoms with Gasteiger partial charge in [0.25, 0.3) is 0 Å². The zero-order valence-electron chi connectivity index (χ0n) is 14.0. The van der Waals surface area contributed by atoms with Gasteiger partial charge in [0.05, 0.1) is 0 Å². The van der Waals surface area contributed by atoms with Gasteiger partial charge in [-0.2, -0.15) is 0 Å². The molecule has 0 radical (unpaired) electrons. The summed E-state index contributed by atoms with van der Waals surface area (Å²) < 4.78 is 0. The van der Waals surface area contributed by atoms with E-state index in [1.807, 2.05) is 0 Å². The molecule has 3 N–H and O–H groups in total. The largest absolute Gasteiger partial charge is 0.328 e. The van der Waals surface area contributed by atoms with Gasteiger partial charge >= 0.3 is 0 Å². The molecule has 0 amide bonds. The first-order valence-corrected chi connectivity index (χ1v) is 8.85. The summed E-state index contributed by atoms with van der Waals surface area (Å²) in [4.78, 5) is 0. The van der Waals surface area contributed by atoms with Crippen molar-refractivity contribution in [3.05, 3.63) is 0 Å². The molecule has 0 aromatic carbocycles. The van der Waals surface area contributed by atoms with E-state index in [4.69, 9.17) is 5.73 Å². The van der Waals surface area contributed by atoms with Crippen LogP contribution < -0.4 is 11.1 Å². The van der Waals surface area contributed by atoms with Crippen LogP contribution in [0.1, 0.15) is 78.6 Å². The Morgan fingerprint density at radius 1 is 1.05 bits per heavy atom. The summed E-state index contributed by atoms with van der Waals surface area (Å²) >= 11 is 0. The highest BCUT2D eigenvalue weighted by Crippen LogP contribution is 2.45. The summed E-state index contributed by atoms with van der Waals surface area (Å²) in [6.45, 7) is 9.55. The van der Waals surface area contributed by atoms with E-state index in [2.05, 4.69) is 26.1 Å². The summed E-state index contributed by atoms with van der Waals surface area (Å²) in [5.41, 5.74) is 7.09. The molecule has 2 aliphatic carbocycles. The maximum absolute atomic E-state index is 6.28. The van der Waals surface area contributed by atoms with Crippen LogP contribution in [0.25, 0.3) is 0 Å². The van der Waals surface area contributed by atoms with E-state index in [1.54, 1.807) is 0 Å². The molecule has 2 aliphatic rings. The SMILES string of the molecule is CC1(C)CC(N)CC(C)(CNCCC2CCCCC2)C1. The van der Waals surface area contributed by atoms with E-state index >= 15 is 0 Å². The average molecular weight is 280 g/mol. The van der Waals surface area contributed by atoms with Crippen molar-refractivity contribution in [1.82, 2.24) is 5.32 Å².